The summed E-state index contributed by atoms with van der Waals surface area (Å²) in [6.45, 7) is -0.269. The Balaban J connectivity index is 2.17. The van der Waals surface area contributed by atoms with Crippen molar-refractivity contribution in [3.63, 3.8) is 0 Å². The first-order valence-corrected chi connectivity index (χ1v) is 5.78. The van der Waals surface area contributed by atoms with Gasteiger partial charge < -0.3 is 4.74 Å². The number of hydrogen-bond donors (Lipinski definition) is 0. The molecule has 0 atom stereocenters. The molecule has 2 aromatic carbocycles. The molecule has 0 N–H and O–H groups in total. The van der Waals surface area contributed by atoms with E-state index in [1.807, 2.05) is 0 Å². The summed E-state index contributed by atoms with van der Waals surface area (Å²) in [6, 6.07) is 9.12. The SMILES string of the molecule is O=[N+]([O-])c1cccc(OCc2cccc([N+](=O)[O-])c2F)c1. The maximum absolute atomic E-state index is 13.8. The van der Waals surface area contributed by atoms with E-state index in [0.29, 0.717) is 0 Å². The van der Waals surface area contributed by atoms with Crippen molar-refractivity contribution in [2.45, 2.75) is 6.61 Å². The minimum absolute atomic E-state index is 0.00398. The number of rotatable bonds is 5. The molecule has 108 valence electrons. The smallest absolute Gasteiger partial charge is 0.305 e. The highest BCUT2D eigenvalue weighted by Crippen LogP contribution is 2.23. The quantitative estimate of drug-likeness (QED) is 0.622. The van der Waals surface area contributed by atoms with E-state index in [4.69, 9.17) is 4.74 Å². The fraction of sp³-hybridized carbons (Fsp3) is 0.0769. The van der Waals surface area contributed by atoms with E-state index in [1.54, 1.807) is 0 Å². The third kappa shape index (κ3) is 3.30. The van der Waals surface area contributed by atoms with E-state index >= 15 is 0 Å². The maximum Gasteiger partial charge on any atom is 0.305 e. The highest BCUT2D eigenvalue weighted by atomic mass is 19.1. The largest absolute Gasteiger partial charge is 0.489 e. The summed E-state index contributed by atoms with van der Waals surface area (Å²) in [6.07, 6.45) is 0. The zero-order valence-electron chi connectivity index (χ0n) is 10.6. The van der Waals surface area contributed by atoms with Gasteiger partial charge in [-0.2, -0.15) is 4.39 Å². The molecule has 0 aliphatic heterocycles. The van der Waals surface area contributed by atoms with Gasteiger partial charge in [0.05, 0.1) is 15.9 Å². The van der Waals surface area contributed by atoms with Crippen molar-refractivity contribution in [2.24, 2.45) is 0 Å². The van der Waals surface area contributed by atoms with Crippen molar-refractivity contribution in [1.82, 2.24) is 0 Å². The molecule has 0 heterocycles. The fourth-order valence-electron chi connectivity index (χ4n) is 1.67. The van der Waals surface area contributed by atoms with Gasteiger partial charge in [0.2, 0.25) is 5.82 Å². The Kier molecular flexibility index (Phi) is 4.07. The fourth-order valence-corrected chi connectivity index (χ4v) is 1.67. The van der Waals surface area contributed by atoms with Crippen LogP contribution < -0.4 is 4.74 Å². The van der Waals surface area contributed by atoms with Crippen LogP contribution in [0.1, 0.15) is 5.56 Å². The normalized spacial score (nSPS) is 10.1. The molecule has 0 aromatic heterocycles. The van der Waals surface area contributed by atoms with Crippen LogP contribution in [-0.4, -0.2) is 9.85 Å². The topological polar surface area (TPSA) is 95.5 Å². The van der Waals surface area contributed by atoms with Crippen molar-refractivity contribution in [1.29, 1.82) is 0 Å². The highest BCUT2D eigenvalue weighted by Gasteiger charge is 2.17. The van der Waals surface area contributed by atoms with Gasteiger partial charge in [0.15, 0.2) is 0 Å². The van der Waals surface area contributed by atoms with Crippen LogP contribution in [0.4, 0.5) is 15.8 Å². The molecule has 0 aliphatic carbocycles. The lowest BCUT2D eigenvalue weighted by Crippen LogP contribution is -2.02. The number of nitro groups is 2. The molecule has 0 spiro atoms. The summed E-state index contributed by atoms with van der Waals surface area (Å²) in [5.41, 5.74) is -0.808. The summed E-state index contributed by atoms with van der Waals surface area (Å²) < 4.78 is 19.0. The molecule has 0 fully saturated rings. The van der Waals surface area contributed by atoms with Gasteiger partial charge in [0.1, 0.15) is 12.4 Å². The molecule has 7 nitrogen and oxygen atoms in total. The molecule has 2 rings (SSSR count). The molecule has 0 bridgehead atoms. The Morgan fingerprint density at radius 2 is 1.76 bits per heavy atom. The third-order valence-electron chi connectivity index (χ3n) is 2.68. The first-order valence-electron chi connectivity index (χ1n) is 5.78. The molecule has 0 unspecified atom stereocenters. The van der Waals surface area contributed by atoms with Gasteiger partial charge in [0, 0.05) is 17.7 Å². The van der Waals surface area contributed by atoms with E-state index in [2.05, 4.69) is 0 Å². The zero-order chi connectivity index (χ0) is 15.4. The lowest BCUT2D eigenvalue weighted by atomic mass is 10.2. The summed E-state index contributed by atoms with van der Waals surface area (Å²) in [7, 11) is 0. The molecular weight excluding hydrogens is 283 g/mol. The van der Waals surface area contributed by atoms with Crippen LogP contribution in [0.15, 0.2) is 42.5 Å². The second kappa shape index (κ2) is 5.95. The summed E-state index contributed by atoms with van der Waals surface area (Å²) in [5, 5.41) is 21.2. The standard InChI is InChI=1S/C13H9FN2O5/c14-13-9(3-1-6-12(13)16(19)20)8-21-11-5-2-4-10(7-11)15(17)18/h1-7H,8H2. The number of non-ortho nitro benzene ring substituents is 1. The van der Waals surface area contributed by atoms with Crippen molar-refractivity contribution >= 4 is 11.4 Å². The predicted octanol–water partition coefficient (Wildman–Crippen LogP) is 3.22. The Morgan fingerprint density at radius 3 is 2.43 bits per heavy atom. The Morgan fingerprint density at radius 1 is 1.05 bits per heavy atom. The van der Waals surface area contributed by atoms with Gasteiger partial charge in [-0.25, -0.2) is 0 Å². The molecule has 0 radical (unpaired) electrons. The van der Waals surface area contributed by atoms with Gasteiger partial charge in [-0.3, -0.25) is 20.2 Å². The molecular formula is C13H9FN2O5. The lowest BCUT2D eigenvalue weighted by Gasteiger charge is -2.07. The van der Waals surface area contributed by atoms with Crippen molar-refractivity contribution in [3.05, 3.63) is 74.1 Å². The second-order valence-corrected chi connectivity index (χ2v) is 4.05. The van der Waals surface area contributed by atoms with Gasteiger partial charge in [0.25, 0.3) is 5.69 Å². The second-order valence-electron chi connectivity index (χ2n) is 4.05. The highest BCUT2D eigenvalue weighted by molar-refractivity contribution is 5.39. The lowest BCUT2D eigenvalue weighted by molar-refractivity contribution is -0.387. The zero-order valence-corrected chi connectivity index (χ0v) is 10.6. The minimum Gasteiger partial charge on any atom is -0.489 e. The van der Waals surface area contributed by atoms with Crippen molar-refractivity contribution < 1.29 is 19.0 Å². The van der Waals surface area contributed by atoms with Crippen LogP contribution in [0.25, 0.3) is 0 Å². The Hall–Kier alpha value is -3.03. The molecule has 0 aliphatic rings. The van der Waals surface area contributed by atoms with Crippen LogP contribution in [0.5, 0.6) is 5.75 Å². The van der Waals surface area contributed by atoms with Gasteiger partial charge in [-0.15, -0.1) is 0 Å². The Labute approximate surface area is 117 Å². The maximum atomic E-state index is 13.8. The third-order valence-corrected chi connectivity index (χ3v) is 2.68. The van der Waals surface area contributed by atoms with Gasteiger partial charge >= 0.3 is 5.69 Å². The number of nitrogens with zero attached hydrogens (tertiary/aromatic N) is 2. The van der Waals surface area contributed by atoms with Gasteiger partial charge in [-0.05, 0) is 6.07 Å². The average molecular weight is 292 g/mol. The van der Waals surface area contributed by atoms with Crippen molar-refractivity contribution in [3.8, 4) is 5.75 Å². The van der Waals surface area contributed by atoms with E-state index < -0.39 is 21.4 Å². The van der Waals surface area contributed by atoms with Crippen molar-refractivity contribution in [2.75, 3.05) is 0 Å². The van der Waals surface area contributed by atoms with Crippen LogP contribution in [0, 0.1) is 26.0 Å². The molecule has 0 saturated carbocycles. The monoisotopic (exact) mass is 292 g/mol. The summed E-state index contributed by atoms with van der Waals surface area (Å²) in [5.74, 6) is -0.803. The number of hydrogen-bond acceptors (Lipinski definition) is 5. The molecule has 21 heavy (non-hydrogen) atoms. The first-order chi connectivity index (χ1) is 9.99. The van der Waals surface area contributed by atoms with Crippen LogP contribution >= 0.6 is 0 Å². The Bertz CT molecular complexity index is 705. The number of benzene rings is 2. The molecule has 0 amide bonds. The number of ether oxygens (including phenoxy) is 1. The van der Waals surface area contributed by atoms with Crippen LogP contribution in [-0.2, 0) is 6.61 Å². The number of halogens is 1. The van der Waals surface area contributed by atoms with E-state index in [0.717, 1.165) is 6.07 Å². The average Bonchev–Trinajstić information content (AvgIpc) is 2.46. The molecule has 8 heteroatoms. The van der Waals surface area contributed by atoms with E-state index in [9.17, 15) is 24.6 Å². The number of nitro benzene ring substituents is 2. The first kappa shape index (κ1) is 14.4. The summed E-state index contributed by atoms with van der Waals surface area (Å²) >= 11 is 0. The predicted molar refractivity (Wildman–Crippen MR) is 70.5 cm³/mol. The van der Waals surface area contributed by atoms with Gasteiger partial charge in [-0.1, -0.05) is 18.2 Å². The van der Waals surface area contributed by atoms with Crippen LogP contribution in [0.3, 0.4) is 0 Å². The minimum atomic E-state index is -0.979. The van der Waals surface area contributed by atoms with Crippen LogP contribution in [0.2, 0.25) is 0 Å². The summed E-state index contributed by atoms with van der Waals surface area (Å²) in [4.78, 5) is 19.8. The molecule has 2 aromatic rings. The van der Waals surface area contributed by atoms with E-state index in [1.165, 1.54) is 36.4 Å². The molecule has 0 saturated heterocycles. The van der Waals surface area contributed by atoms with E-state index in [-0.39, 0.29) is 23.6 Å².